The first-order valence-corrected chi connectivity index (χ1v) is 11.6. The van der Waals surface area contributed by atoms with Crippen molar-refractivity contribution in [2.45, 2.75) is 33.1 Å². The normalized spacial score (nSPS) is 11.5. The van der Waals surface area contributed by atoms with Crippen molar-refractivity contribution in [1.29, 1.82) is 0 Å². The minimum atomic E-state index is -0.547. The predicted octanol–water partition coefficient (Wildman–Crippen LogP) is 6.89. The lowest BCUT2D eigenvalue weighted by molar-refractivity contribution is -0.384. The standard InChI is InChI=1S/C28H24ClNO6/c1-16-13-24-21(14-22(16)29)25(32)27(26(36-24)18-5-9-19(10-6-18)28(2,3)4)35-15-23(31)17-7-11-20(12-8-17)30(33)34/h5-14H,15H2,1-4H3. The maximum atomic E-state index is 13.5. The zero-order valence-corrected chi connectivity index (χ0v) is 21.0. The molecule has 4 rings (SSSR count). The van der Waals surface area contributed by atoms with Gasteiger partial charge in [-0.25, -0.2) is 0 Å². The zero-order valence-electron chi connectivity index (χ0n) is 20.3. The van der Waals surface area contributed by atoms with E-state index in [2.05, 4.69) is 20.8 Å². The molecule has 0 saturated carbocycles. The van der Waals surface area contributed by atoms with Gasteiger partial charge in [-0.3, -0.25) is 19.7 Å². The van der Waals surface area contributed by atoms with E-state index in [0.717, 1.165) is 11.1 Å². The van der Waals surface area contributed by atoms with E-state index in [1.807, 2.05) is 31.2 Å². The zero-order chi connectivity index (χ0) is 26.2. The summed E-state index contributed by atoms with van der Waals surface area (Å²) in [5.41, 5.74) is 2.41. The van der Waals surface area contributed by atoms with Crippen LogP contribution in [0.1, 0.15) is 42.3 Å². The van der Waals surface area contributed by atoms with Gasteiger partial charge in [-0.05, 0) is 47.7 Å². The van der Waals surface area contributed by atoms with Crippen LogP contribution in [0, 0.1) is 17.0 Å². The molecule has 7 nitrogen and oxygen atoms in total. The highest BCUT2D eigenvalue weighted by Gasteiger charge is 2.21. The molecule has 0 atom stereocenters. The number of nitro groups is 1. The van der Waals surface area contributed by atoms with Gasteiger partial charge in [-0.15, -0.1) is 0 Å². The summed E-state index contributed by atoms with van der Waals surface area (Å²) in [6.07, 6.45) is 0. The van der Waals surface area contributed by atoms with E-state index in [9.17, 15) is 19.7 Å². The van der Waals surface area contributed by atoms with Gasteiger partial charge in [-0.2, -0.15) is 0 Å². The third kappa shape index (κ3) is 5.02. The molecule has 0 aliphatic rings. The van der Waals surface area contributed by atoms with E-state index in [1.54, 1.807) is 6.07 Å². The fraction of sp³-hybridized carbons (Fsp3) is 0.214. The second-order valence-electron chi connectivity index (χ2n) is 9.53. The lowest BCUT2D eigenvalue weighted by Gasteiger charge is -2.19. The van der Waals surface area contributed by atoms with Crippen molar-refractivity contribution in [2.75, 3.05) is 6.61 Å². The van der Waals surface area contributed by atoms with E-state index in [1.165, 1.54) is 30.3 Å². The van der Waals surface area contributed by atoms with Crippen molar-refractivity contribution < 1.29 is 18.9 Å². The molecular weight excluding hydrogens is 482 g/mol. The number of benzene rings is 3. The number of fused-ring (bicyclic) bond motifs is 1. The highest BCUT2D eigenvalue weighted by atomic mass is 35.5. The maximum Gasteiger partial charge on any atom is 0.269 e. The Bertz CT molecular complexity index is 1530. The molecule has 4 aromatic rings. The Morgan fingerprint density at radius 3 is 2.28 bits per heavy atom. The quantitative estimate of drug-likeness (QED) is 0.161. The Balaban J connectivity index is 1.76. The fourth-order valence-corrected chi connectivity index (χ4v) is 3.90. The highest BCUT2D eigenvalue weighted by molar-refractivity contribution is 6.32. The molecule has 0 unspecified atom stereocenters. The van der Waals surface area contributed by atoms with Crippen LogP contribution >= 0.6 is 11.6 Å². The first kappa shape index (κ1) is 25.1. The van der Waals surface area contributed by atoms with Crippen molar-refractivity contribution in [3.8, 4) is 17.1 Å². The SMILES string of the molecule is Cc1cc2oc(-c3ccc(C(C)(C)C)cc3)c(OCC(=O)c3ccc([N+](=O)[O-])cc3)c(=O)c2cc1Cl. The number of aryl methyl sites for hydroxylation is 1. The Morgan fingerprint density at radius 1 is 1.06 bits per heavy atom. The Kier molecular flexibility index (Phi) is 6.69. The molecule has 0 aliphatic carbocycles. The number of ketones is 1. The molecule has 0 amide bonds. The van der Waals surface area contributed by atoms with Crippen molar-refractivity contribution in [1.82, 2.24) is 0 Å². The van der Waals surface area contributed by atoms with Crippen LogP contribution in [-0.2, 0) is 5.41 Å². The highest BCUT2D eigenvalue weighted by Crippen LogP contribution is 2.34. The number of carbonyl (C=O) groups is 1. The summed E-state index contributed by atoms with van der Waals surface area (Å²) >= 11 is 6.25. The predicted molar refractivity (Wildman–Crippen MR) is 139 cm³/mol. The smallest absolute Gasteiger partial charge is 0.269 e. The van der Waals surface area contributed by atoms with Gasteiger partial charge in [0.2, 0.25) is 11.2 Å². The molecule has 0 saturated heterocycles. The van der Waals surface area contributed by atoms with E-state index in [0.29, 0.717) is 16.2 Å². The van der Waals surface area contributed by atoms with Gasteiger partial charge >= 0.3 is 0 Å². The van der Waals surface area contributed by atoms with Gasteiger partial charge in [0.25, 0.3) is 5.69 Å². The average molecular weight is 506 g/mol. The number of nitro benzene ring substituents is 1. The summed E-state index contributed by atoms with van der Waals surface area (Å²) in [6, 6.07) is 16.0. The molecular formula is C28H24ClNO6. The van der Waals surface area contributed by atoms with E-state index < -0.39 is 22.7 Å². The van der Waals surface area contributed by atoms with Crippen LogP contribution < -0.4 is 10.2 Å². The molecule has 1 aromatic heterocycles. The number of carbonyl (C=O) groups excluding carboxylic acids is 1. The van der Waals surface area contributed by atoms with Crippen molar-refractivity contribution in [2.24, 2.45) is 0 Å². The first-order chi connectivity index (χ1) is 17.0. The van der Waals surface area contributed by atoms with Crippen LogP contribution in [0.3, 0.4) is 0 Å². The molecule has 0 fully saturated rings. The van der Waals surface area contributed by atoms with Gasteiger partial charge < -0.3 is 9.15 Å². The summed E-state index contributed by atoms with van der Waals surface area (Å²) in [6.45, 7) is 7.66. The second kappa shape index (κ2) is 9.59. The Hall–Kier alpha value is -3.97. The molecule has 0 radical (unpaired) electrons. The van der Waals surface area contributed by atoms with Gasteiger partial charge in [0.15, 0.2) is 18.2 Å². The minimum Gasteiger partial charge on any atom is -0.478 e. The molecule has 1 heterocycles. The largest absolute Gasteiger partial charge is 0.478 e. The van der Waals surface area contributed by atoms with Crippen molar-refractivity contribution >= 4 is 34.0 Å². The van der Waals surface area contributed by atoms with Crippen molar-refractivity contribution in [3.05, 3.63) is 103 Å². The molecule has 8 heteroatoms. The van der Waals surface area contributed by atoms with Gasteiger partial charge in [0.05, 0.1) is 10.3 Å². The average Bonchev–Trinajstić information content (AvgIpc) is 2.84. The van der Waals surface area contributed by atoms with Crippen LogP contribution in [0.2, 0.25) is 5.02 Å². The Labute approximate surface area is 212 Å². The molecule has 36 heavy (non-hydrogen) atoms. The van der Waals surface area contributed by atoms with E-state index in [4.69, 9.17) is 20.8 Å². The van der Waals surface area contributed by atoms with E-state index in [-0.39, 0.29) is 33.6 Å². The molecule has 0 N–H and O–H groups in total. The number of non-ortho nitro benzene ring substituents is 1. The number of Topliss-reactive ketones (excluding diaryl/α,β-unsaturated/α-hetero) is 1. The lowest BCUT2D eigenvalue weighted by Crippen LogP contribution is -2.17. The fourth-order valence-electron chi connectivity index (χ4n) is 3.73. The monoisotopic (exact) mass is 505 g/mol. The minimum absolute atomic E-state index is 0.0624. The third-order valence-corrected chi connectivity index (χ3v) is 6.30. The number of ether oxygens (including phenoxy) is 1. The summed E-state index contributed by atoms with van der Waals surface area (Å²) in [4.78, 5) is 36.5. The van der Waals surface area contributed by atoms with Crippen LogP contribution in [0.5, 0.6) is 5.75 Å². The molecule has 3 aromatic carbocycles. The maximum absolute atomic E-state index is 13.5. The van der Waals surface area contributed by atoms with Crippen LogP contribution in [-0.4, -0.2) is 17.3 Å². The number of rotatable bonds is 6. The van der Waals surface area contributed by atoms with Gasteiger partial charge in [-0.1, -0.05) is 56.6 Å². The summed E-state index contributed by atoms with van der Waals surface area (Å²) < 4.78 is 11.9. The number of hydrogen-bond acceptors (Lipinski definition) is 6. The van der Waals surface area contributed by atoms with Crippen LogP contribution in [0.4, 0.5) is 5.69 Å². The van der Waals surface area contributed by atoms with Crippen molar-refractivity contribution in [3.63, 3.8) is 0 Å². The second-order valence-corrected chi connectivity index (χ2v) is 9.94. The number of nitrogens with zero attached hydrogens (tertiary/aromatic N) is 1. The van der Waals surface area contributed by atoms with Gasteiger partial charge in [0.1, 0.15) is 5.58 Å². The summed E-state index contributed by atoms with van der Waals surface area (Å²) in [7, 11) is 0. The van der Waals surface area contributed by atoms with Crippen LogP contribution in [0.15, 0.2) is 69.9 Å². The molecule has 0 bridgehead atoms. The third-order valence-electron chi connectivity index (χ3n) is 5.89. The van der Waals surface area contributed by atoms with Gasteiger partial charge in [0, 0.05) is 28.3 Å². The first-order valence-electron chi connectivity index (χ1n) is 11.2. The molecule has 0 spiro atoms. The van der Waals surface area contributed by atoms with E-state index >= 15 is 0 Å². The lowest BCUT2D eigenvalue weighted by atomic mass is 9.86. The van der Waals surface area contributed by atoms with Crippen LogP contribution in [0.25, 0.3) is 22.3 Å². The summed E-state index contributed by atoms with van der Waals surface area (Å²) in [5.74, 6) is -0.354. The number of hydrogen-bond donors (Lipinski definition) is 0. The number of halogens is 1. The molecule has 0 aliphatic heterocycles. The topological polar surface area (TPSA) is 99.7 Å². The molecule has 184 valence electrons. The Morgan fingerprint density at radius 2 is 1.69 bits per heavy atom. The summed E-state index contributed by atoms with van der Waals surface area (Å²) in [5, 5.41) is 11.5.